The van der Waals surface area contributed by atoms with Gasteiger partial charge in [0.2, 0.25) is 0 Å². The summed E-state index contributed by atoms with van der Waals surface area (Å²) in [6, 6.07) is 6.94. The summed E-state index contributed by atoms with van der Waals surface area (Å²) in [5.41, 5.74) is 10.3. The maximum Gasteiger partial charge on any atom is -0.00461 e. The van der Waals surface area contributed by atoms with E-state index in [0.717, 1.165) is 18.4 Å². The van der Waals surface area contributed by atoms with Crippen molar-refractivity contribution in [3.05, 3.63) is 34.9 Å². The molecule has 0 bridgehead atoms. The fourth-order valence-electron chi connectivity index (χ4n) is 3.27. The van der Waals surface area contributed by atoms with E-state index >= 15 is 0 Å². The van der Waals surface area contributed by atoms with Crippen molar-refractivity contribution < 1.29 is 0 Å². The minimum Gasteiger partial charge on any atom is -0.330 e. The van der Waals surface area contributed by atoms with Crippen LogP contribution in [0.25, 0.3) is 0 Å². The lowest BCUT2D eigenvalue weighted by Crippen LogP contribution is -2.24. The zero-order chi connectivity index (χ0) is 13.0. The van der Waals surface area contributed by atoms with Crippen LogP contribution in [0.2, 0.25) is 0 Å². The second-order valence-electron chi connectivity index (χ2n) is 6.02. The Bertz CT molecular complexity index is 383. The van der Waals surface area contributed by atoms with Crippen LogP contribution in [0.15, 0.2) is 18.2 Å². The highest BCUT2D eigenvalue weighted by molar-refractivity contribution is 5.30. The largest absolute Gasteiger partial charge is 0.330 e. The van der Waals surface area contributed by atoms with Crippen LogP contribution in [0.5, 0.6) is 0 Å². The molecule has 1 heteroatoms. The predicted octanol–water partition coefficient (Wildman–Crippen LogP) is 4.00. The number of benzene rings is 1. The summed E-state index contributed by atoms with van der Waals surface area (Å²) in [4.78, 5) is 0. The predicted molar refractivity (Wildman–Crippen MR) is 78.7 cm³/mol. The van der Waals surface area contributed by atoms with Gasteiger partial charge in [0.15, 0.2) is 0 Å². The van der Waals surface area contributed by atoms with E-state index in [1.54, 1.807) is 0 Å². The SMILES string of the molecule is Cc1ccc(CC2CCCCCC2CN)cc1C. The molecule has 18 heavy (non-hydrogen) atoms. The van der Waals surface area contributed by atoms with E-state index in [2.05, 4.69) is 32.0 Å². The summed E-state index contributed by atoms with van der Waals surface area (Å²) < 4.78 is 0. The number of aryl methyl sites for hydroxylation is 2. The van der Waals surface area contributed by atoms with Gasteiger partial charge in [0.1, 0.15) is 0 Å². The van der Waals surface area contributed by atoms with Gasteiger partial charge in [0.25, 0.3) is 0 Å². The van der Waals surface area contributed by atoms with Crippen LogP contribution in [-0.4, -0.2) is 6.54 Å². The quantitative estimate of drug-likeness (QED) is 0.800. The van der Waals surface area contributed by atoms with Crippen LogP contribution >= 0.6 is 0 Å². The van der Waals surface area contributed by atoms with Gasteiger partial charge in [-0.1, -0.05) is 37.5 Å². The number of hydrogen-bond acceptors (Lipinski definition) is 1. The summed E-state index contributed by atoms with van der Waals surface area (Å²) in [6.07, 6.45) is 8.11. The smallest absolute Gasteiger partial charge is 0.00461 e. The lowest BCUT2D eigenvalue weighted by molar-refractivity contribution is 0.318. The molecule has 0 heterocycles. The standard InChI is InChI=1S/C17H27N/c1-13-8-9-15(10-14(13)2)11-16-6-4-3-5-7-17(16)12-18/h8-10,16-17H,3-7,11-12,18H2,1-2H3. The van der Waals surface area contributed by atoms with Gasteiger partial charge in [-0.05, 0) is 68.2 Å². The molecular formula is C17H27N. The molecule has 0 saturated heterocycles. The minimum atomic E-state index is 0.745. The fourth-order valence-corrected chi connectivity index (χ4v) is 3.27. The van der Waals surface area contributed by atoms with E-state index in [1.165, 1.54) is 55.2 Å². The van der Waals surface area contributed by atoms with Crippen LogP contribution in [-0.2, 0) is 6.42 Å². The second kappa shape index (κ2) is 6.38. The Hall–Kier alpha value is -0.820. The third-order valence-electron chi connectivity index (χ3n) is 4.69. The van der Waals surface area contributed by atoms with Gasteiger partial charge in [0, 0.05) is 0 Å². The average molecular weight is 245 g/mol. The number of rotatable bonds is 3. The Morgan fingerprint density at radius 1 is 1.00 bits per heavy atom. The Balaban J connectivity index is 2.07. The van der Waals surface area contributed by atoms with Crippen molar-refractivity contribution in [3.63, 3.8) is 0 Å². The third-order valence-corrected chi connectivity index (χ3v) is 4.69. The van der Waals surface area contributed by atoms with Gasteiger partial charge in [-0.2, -0.15) is 0 Å². The first-order chi connectivity index (χ1) is 8.70. The molecule has 2 atom stereocenters. The lowest BCUT2D eigenvalue weighted by Gasteiger charge is -2.24. The zero-order valence-electron chi connectivity index (χ0n) is 11.9. The molecule has 0 aliphatic heterocycles. The van der Waals surface area contributed by atoms with Gasteiger partial charge in [-0.3, -0.25) is 0 Å². The molecule has 1 fully saturated rings. The van der Waals surface area contributed by atoms with Gasteiger partial charge in [-0.25, -0.2) is 0 Å². The van der Waals surface area contributed by atoms with Gasteiger partial charge in [0.05, 0.1) is 0 Å². The van der Waals surface area contributed by atoms with Crippen molar-refractivity contribution in [2.45, 2.75) is 52.4 Å². The molecule has 2 N–H and O–H groups in total. The van der Waals surface area contributed by atoms with E-state index in [1.807, 2.05) is 0 Å². The highest BCUT2D eigenvalue weighted by atomic mass is 14.6. The summed E-state index contributed by atoms with van der Waals surface area (Å²) in [5, 5.41) is 0. The molecule has 2 rings (SSSR count). The summed E-state index contributed by atoms with van der Waals surface area (Å²) in [6.45, 7) is 5.27. The first kappa shape index (κ1) is 13.6. The molecule has 1 aromatic carbocycles. The number of nitrogens with two attached hydrogens (primary N) is 1. The molecule has 0 spiro atoms. The maximum absolute atomic E-state index is 5.97. The van der Waals surface area contributed by atoms with Crippen molar-refractivity contribution in [1.82, 2.24) is 0 Å². The molecule has 1 saturated carbocycles. The summed E-state index contributed by atoms with van der Waals surface area (Å²) in [7, 11) is 0. The normalized spacial score (nSPS) is 24.8. The molecule has 100 valence electrons. The first-order valence-corrected chi connectivity index (χ1v) is 7.47. The lowest BCUT2D eigenvalue weighted by atomic mass is 9.83. The minimum absolute atomic E-state index is 0.745. The molecule has 1 aliphatic carbocycles. The summed E-state index contributed by atoms with van der Waals surface area (Å²) in [5.74, 6) is 1.55. The molecule has 0 amide bonds. The third kappa shape index (κ3) is 3.35. The average Bonchev–Trinajstić information content (AvgIpc) is 2.59. The van der Waals surface area contributed by atoms with Crippen LogP contribution in [0.4, 0.5) is 0 Å². The molecule has 0 radical (unpaired) electrons. The molecule has 1 nitrogen and oxygen atoms in total. The highest BCUT2D eigenvalue weighted by Gasteiger charge is 2.22. The summed E-state index contributed by atoms with van der Waals surface area (Å²) >= 11 is 0. The first-order valence-electron chi connectivity index (χ1n) is 7.47. The molecule has 0 aromatic heterocycles. The molecule has 1 aromatic rings. The van der Waals surface area contributed by atoms with Crippen molar-refractivity contribution in [3.8, 4) is 0 Å². The molecule has 1 aliphatic rings. The van der Waals surface area contributed by atoms with Crippen LogP contribution in [0.3, 0.4) is 0 Å². The van der Waals surface area contributed by atoms with E-state index in [9.17, 15) is 0 Å². The number of hydrogen-bond donors (Lipinski definition) is 1. The van der Waals surface area contributed by atoms with Crippen LogP contribution in [0, 0.1) is 25.7 Å². The maximum atomic E-state index is 5.97. The van der Waals surface area contributed by atoms with E-state index in [4.69, 9.17) is 5.73 Å². The van der Waals surface area contributed by atoms with Crippen LogP contribution < -0.4 is 5.73 Å². The monoisotopic (exact) mass is 245 g/mol. The van der Waals surface area contributed by atoms with E-state index < -0.39 is 0 Å². The van der Waals surface area contributed by atoms with E-state index in [-0.39, 0.29) is 0 Å². The van der Waals surface area contributed by atoms with Gasteiger partial charge in [-0.15, -0.1) is 0 Å². The Morgan fingerprint density at radius 2 is 1.72 bits per heavy atom. The zero-order valence-corrected chi connectivity index (χ0v) is 11.9. The Labute approximate surface area is 112 Å². The van der Waals surface area contributed by atoms with Gasteiger partial charge < -0.3 is 5.73 Å². The Kier molecular flexibility index (Phi) is 4.82. The Morgan fingerprint density at radius 3 is 2.39 bits per heavy atom. The second-order valence-corrected chi connectivity index (χ2v) is 6.02. The van der Waals surface area contributed by atoms with Gasteiger partial charge >= 0.3 is 0 Å². The van der Waals surface area contributed by atoms with Crippen molar-refractivity contribution >= 4 is 0 Å². The molecule has 2 unspecified atom stereocenters. The topological polar surface area (TPSA) is 26.0 Å². The highest BCUT2D eigenvalue weighted by Crippen LogP contribution is 2.31. The van der Waals surface area contributed by atoms with E-state index in [0.29, 0.717) is 0 Å². The van der Waals surface area contributed by atoms with Crippen molar-refractivity contribution in [2.75, 3.05) is 6.54 Å². The van der Waals surface area contributed by atoms with Crippen molar-refractivity contribution in [2.24, 2.45) is 17.6 Å². The molecular weight excluding hydrogens is 218 g/mol. The fraction of sp³-hybridized carbons (Fsp3) is 0.647. The van der Waals surface area contributed by atoms with Crippen molar-refractivity contribution in [1.29, 1.82) is 0 Å². The van der Waals surface area contributed by atoms with Crippen LogP contribution in [0.1, 0.15) is 48.8 Å².